The standard InChI is InChI=1S/C49H85NO3/c1-3-5-7-9-11-13-15-17-18-19-20-21-22-23-24-25-26-27-28-29-30-31-32-33-35-37-39-41-43-45-49(53)50-47(46-51)48(52)44-42-40-38-36-34-16-14-12-10-8-6-4-2/h5,7,11,13,17-18,20-21,23-24,34,36,42,44,47-48,51-52H,3-4,6,8-10,12,14-16,19,22,25-33,35,37-41,43,45-46H2,1-2H3,(H,50,53)/b7-5-,13-11-,18-17-,21-20-,24-23-,36-34+,44-42+. The van der Waals surface area contributed by atoms with E-state index >= 15 is 0 Å². The maximum absolute atomic E-state index is 12.4. The van der Waals surface area contributed by atoms with Gasteiger partial charge in [-0.15, -0.1) is 0 Å². The SMILES string of the molecule is CC/C=C\C/C=C\C/C=C\C/C=C\C/C=C\CCCCCCCCCCCCCCCC(=O)NC(CO)C(O)/C=C/CC/C=C/CCCCCCCC. The summed E-state index contributed by atoms with van der Waals surface area (Å²) in [4.78, 5) is 12.4. The molecule has 304 valence electrons. The Kier molecular flexibility index (Phi) is 42.0. The molecule has 0 saturated carbocycles. The van der Waals surface area contributed by atoms with Crippen LogP contribution in [0.3, 0.4) is 0 Å². The monoisotopic (exact) mass is 736 g/mol. The van der Waals surface area contributed by atoms with Crippen molar-refractivity contribution in [2.75, 3.05) is 6.61 Å². The second-order valence-electron chi connectivity index (χ2n) is 14.7. The lowest BCUT2D eigenvalue weighted by atomic mass is 10.0. The van der Waals surface area contributed by atoms with E-state index in [0.717, 1.165) is 64.2 Å². The molecule has 0 rings (SSSR count). The largest absolute Gasteiger partial charge is 0.394 e. The predicted octanol–water partition coefficient (Wildman–Crippen LogP) is 14.1. The van der Waals surface area contributed by atoms with Gasteiger partial charge in [0.1, 0.15) is 0 Å². The average molecular weight is 736 g/mol. The van der Waals surface area contributed by atoms with Crippen molar-refractivity contribution in [1.82, 2.24) is 5.32 Å². The number of allylic oxidation sites excluding steroid dienone is 13. The Morgan fingerprint density at radius 3 is 1.32 bits per heavy atom. The number of nitrogens with one attached hydrogen (secondary N) is 1. The molecule has 0 fully saturated rings. The van der Waals surface area contributed by atoms with Crippen LogP contribution >= 0.6 is 0 Å². The number of carbonyl (C=O) groups is 1. The molecular weight excluding hydrogens is 651 g/mol. The summed E-state index contributed by atoms with van der Waals surface area (Å²) in [6.45, 7) is 4.15. The quantitative estimate of drug-likeness (QED) is 0.0435. The molecular formula is C49H85NO3. The van der Waals surface area contributed by atoms with Crippen molar-refractivity contribution in [3.63, 3.8) is 0 Å². The van der Waals surface area contributed by atoms with Gasteiger partial charge >= 0.3 is 0 Å². The lowest BCUT2D eigenvalue weighted by Crippen LogP contribution is -2.45. The molecule has 0 spiro atoms. The van der Waals surface area contributed by atoms with Crippen LogP contribution in [0.1, 0.15) is 200 Å². The van der Waals surface area contributed by atoms with Gasteiger partial charge < -0.3 is 15.5 Å². The van der Waals surface area contributed by atoms with Crippen LogP contribution in [0.4, 0.5) is 0 Å². The first kappa shape index (κ1) is 50.6. The summed E-state index contributed by atoms with van der Waals surface area (Å²) in [6, 6.07) is -0.642. The molecule has 4 nitrogen and oxygen atoms in total. The highest BCUT2D eigenvalue weighted by Crippen LogP contribution is 2.14. The van der Waals surface area contributed by atoms with Gasteiger partial charge in [0.25, 0.3) is 0 Å². The van der Waals surface area contributed by atoms with E-state index in [1.54, 1.807) is 6.08 Å². The maximum atomic E-state index is 12.4. The Balaban J connectivity index is 3.57. The minimum Gasteiger partial charge on any atom is -0.394 e. The molecule has 0 aromatic heterocycles. The number of rotatable bonds is 39. The Morgan fingerprint density at radius 1 is 0.472 bits per heavy atom. The first-order chi connectivity index (χ1) is 26.2. The molecule has 0 heterocycles. The molecule has 0 aliphatic heterocycles. The molecule has 1 amide bonds. The first-order valence-corrected chi connectivity index (χ1v) is 22.3. The first-order valence-electron chi connectivity index (χ1n) is 22.3. The lowest BCUT2D eigenvalue weighted by molar-refractivity contribution is -0.123. The zero-order chi connectivity index (χ0) is 38.6. The van der Waals surface area contributed by atoms with Crippen molar-refractivity contribution < 1.29 is 15.0 Å². The van der Waals surface area contributed by atoms with Crippen molar-refractivity contribution in [3.05, 3.63) is 85.1 Å². The Bertz CT molecular complexity index is 972. The molecule has 0 radical (unpaired) electrons. The average Bonchev–Trinajstić information content (AvgIpc) is 3.16. The van der Waals surface area contributed by atoms with Crippen LogP contribution in [0.15, 0.2) is 85.1 Å². The van der Waals surface area contributed by atoms with Gasteiger partial charge in [-0.2, -0.15) is 0 Å². The van der Waals surface area contributed by atoms with Crippen LogP contribution in [0.2, 0.25) is 0 Å². The number of hydrogen-bond acceptors (Lipinski definition) is 3. The number of amides is 1. The highest BCUT2D eigenvalue weighted by Gasteiger charge is 2.17. The summed E-state index contributed by atoms with van der Waals surface area (Å²) in [6.07, 6.45) is 64.1. The molecule has 0 aliphatic carbocycles. The molecule has 53 heavy (non-hydrogen) atoms. The van der Waals surface area contributed by atoms with Gasteiger partial charge in [-0.25, -0.2) is 0 Å². The molecule has 0 aromatic carbocycles. The third kappa shape index (κ3) is 40.6. The minimum absolute atomic E-state index is 0.0803. The molecule has 3 N–H and O–H groups in total. The van der Waals surface area contributed by atoms with Crippen LogP contribution in [0, 0.1) is 0 Å². The van der Waals surface area contributed by atoms with E-state index in [1.807, 2.05) is 6.08 Å². The zero-order valence-electron chi connectivity index (χ0n) is 34.8. The maximum Gasteiger partial charge on any atom is 0.220 e. The second-order valence-corrected chi connectivity index (χ2v) is 14.7. The van der Waals surface area contributed by atoms with E-state index in [4.69, 9.17) is 0 Å². The van der Waals surface area contributed by atoms with E-state index in [1.165, 1.54) is 116 Å². The number of unbranched alkanes of at least 4 members (excludes halogenated alkanes) is 20. The van der Waals surface area contributed by atoms with E-state index in [-0.39, 0.29) is 12.5 Å². The third-order valence-electron chi connectivity index (χ3n) is 9.61. The Morgan fingerprint density at radius 2 is 0.849 bits per heavy atom. The lowest BCUT2D eigenvalue weighted by Gasteiger charge is -2.19. The molecule has 0 aliphatic rings. The van der Waals surface area contributed by atoms with Crippen molar-refractivity contribution in [3.8, 4) is 0 Å². The minimum atomic E-state index is -0.865. The highest BCUT2D eigenvalue weighted by molar-refractivity contribution is 5.76. The normalized spacial score (nSPS) is 13.8. The predicted molar refractivity (Wildman–Crippen MR) is 234 cm³/mol. The summed E-state index contributed by atoms with van der Waals surface area (Å²) >= 11 is 0. The van der Waals surface area contributed by atoms with Crippen LogP contribution in [-0.2, 0) is 4.79 Å². The van der Waals surface area contributed by atoms with Gasteiger partial charge in [-0.05, 0) is 77.0 Å². The topological polar surface area (TPSA) is 69.6 Å². The fourth-order valence-electron chi connectivity index (χ4n) is 6.22. The van der Waals surface area contributed by atoms with Gasteiger partial charge in [0.05, 0.1) is 18.8 Å². The van der Waals surface area contributed by atoms with Gasteiger partial charge in [-0.1, -0.05) is 202 Å². The zero-order valence-corrected chi connectivity index (χ0v) is 34.8. The summed E-state index contributed by atoms with van der Waals surface area (Å²) in [7, 11) is 0. The summed E-state index contributed by atoms with van der Waals surface area (Å²) in [5.74, 6) is -0.0803. The van der Waals surface area contributed by atoms with Crippen molar-refractivity contribution >= 4 is 5.91 Å². The van der Waals surface area contributed by atoms with Crippen LogP contribution < -0.4 is 5.32 Å². The fraction of sp³-hybridized carbons (Fsp3) is 0.694. The summed E-state index contributed by atoms with van der Waals surface area (Å²) in [5, 5.41) is 22.9. The van der Waals surface area contributed by atoms with E-state index in [0.29, 0.717) is 6.42 Å². The smallest absolute Gasteiger partial charge is 0.220 e. The van der Waals surface area contributed by atoms with Gasteiger partial charge in [0.2, 0.25) is 5.91 Å². The van der Waals surface area contributed by atoms with Crippen LogP contribution in [0.25, 0.3) is 0 Å². The van der Waals surface area contributed by atoms with Crippen molar-refractivity contribution in [1.29, 1.82) is 0 Å². The Hall–Kier alpha value is -2.43. The summed E-state index contributed by atoms with van der Waals surface area (Å²) in [5.41, 5.74) is 0. The van der Waals surface area contributed by atoms with Gasteiger partial charge in [0, 0.05) is 6.42 Å². The number of carbonyl (C=O) groups excluding carboxylic acids is 1. The summed E-state index contributed by atoms with van der Waals surface area (Å²) < 4.78 is 0. The van der Waals surface area contributed by atoms with E-state index < -0.39 is 12.1 Å². The van der Waals surface area contributed by atoms with Crippen LogP contribution in [-0.4, -0.2) is 34.9 Å². The van der Waals surface area contributed by atoms with Crippen molar-refractivity contribution in [2.45, 2.75) is 212 Å². The Labute approximate surface area is 329 Å². The van der Waals surface area contributed by atoms with Crippen molar-refractivity contribution in [2.24, 2.45) is 0 Å². The molecule has 4 heteroatoms. The number of aliphatic hydroxyl groups is 2. The van der Waals surface area contributed by atoms with Gasteiger partial charge in [0.15, 0.2) is 0 Å². The van der Waals surface area contributed by atoms with Crippen LogP contribution in [0.5, 0.6) is 0 Å². The molecule has 0 aromatic rings. The number of aliphatic hydroxyl groups excluding tert-OH is 2. The fourth-order valence-corrected chi connectivity index (χ4v) is 6.22. The number of hydrogen-bond donors (Lipinski definition) is 3. The molecule has 2 unspecified atom stereocenters. The van der Waals surface area contributed by atoms with Gasteiger partial charge in [-0.3, -0.25) is 4.79 Å². The highest BCUT2D eigenvalue weighted by atomic mass is 16.3. The van der Waals surface area contributed by atoms with E-state index in [2.05, 4.69) is 92.1 Å². The second kappa shape index (κ2) is 44.0. The van der Waals surface area contributed by atoms with E-state index in [9.17, 15) is 15.0 Å². The molecule has 0 bridgehead atoms. The molecule has 2 atom stereocenters. The molecule has 0 saturated heterocycles. The third-order valence-corrected chi connectivity index (χ3v) is 9.61.